The average Bonchev–Trinajstić information content (AvgIpc) is 3.05. The number of hydrogen-bond donors (Lipinski definition) is 0. The first-order chi connectivity index (χ1) is 12.5. The zero-order valence-corrected chi connectivity index (χ0v) is 15.3. The third-order valence-corrected chi connectivity index (χ3v) is 7.53. The molecule has 0 bridgehead atoms. The molecule has 0 spiro atoms. The van der Waals surface area contributed by atoms with Crippen LogP contribution in [0.5, 0.6) is 11.5 Å². The van der Waals surface area contributed by atoms with Crippen LogP contribution in [-0.4, -0.2) is 55.5 Å². The van der Waals surface area contributed by atoms with Gasteiger partial charge in [-0.05, 0) is 12.1 Å². The molecule has 0 unspecified atom stereocenters. The first-order valence-corrected chi connectivity index (χ1v) is 10.7. The fraction of sp³-hybridized carbons (Fsp3) is 0.438. The summed E-state index contributed by atoms with van der Waals surface area (Å²) in [6, 6.07) is 6.81. The van der Waals surface area contributed by atoms with Gasteiger partial charge in [0.05, 0.1) is 23.6 Å². The van der Waals surface area contributed by atoms with Gasteiger partial charge in [-0.25, -0.2) is 8.42 Å². The Hall–Kier alpha value is -2.25. The second-order valence-electron chi connectivity index (χ2n) is 6.12. The molecule has 26 heavy (non-hydrogen) atoms. The molecule has 2 atom stereocenters. The van der Waals surface area contributed by atoms with E-state index < -0.39 is 15.7 Å². The highest BCUT2D eigenvalue weighted by Gasteiger charge is 2.49. The molecule has 3 heterocycles. The van der Waals surface area contributed by atoms with Crippen LogP contribution in [0.15, 0.2) is 23.2 Å². The summed E-state index contributed by atoms with van der Waals surface area (Å²) in [4.78, 5) is 17.7. The third kappa shape index (κ3) is 3.12. The Labute approximate surface area is 154 Å². The fourth-order valence-corrected chi connectivity index (χ4v) is 7.19. The van der Waals surface area contributed by atoms with Crippen molar-refractivity contribution in [2.75, 3.05) is 29.6 Å². The molecule has 1 amide bonds. The van der Waals surface area contributed by atoms with E-state index in [9.17, 15) is 13.2 Å². The number of ether oxygens (including phenoxy) is 2. The van der Waals surface area contributed by atoms with Crippen molar-refractivity contribution in [2.24, 2.45) is 4.99 Å². The van der Waals surface area contributed by atoms with Gasteiger partial charge in [-0.2, -0.15) is 10.3 Å². The molecule has 3 aliphatic heterocycles. The summed E-state index contributed by atoms with van der Waals surface area (Å²) in [6.45, 7) is 0.914. The van der Waals surface area contributed by atoms with E-state index >= 15 is 0 Å². The average molecular weight is 393 g/mol. The van der Waals surface area contributed by atoms with E-state index in [4.69, 9.17) is 14.7 Å². The van der Waals surface area contributed by atoms with E-state index in [0.717, 1.165) is 0 Å². The molecule has 4 rings (SSSR count). The Bertz CT molecular complexity index is 938. The lowest BCUT2D eigenvalue weighted by Gasteiger charge is -2.26. The number of nitrogens with zero attached hydrogens (tertiary/aromatic N) is 3. The molecule has 2 fully saturated rings. The molecule has 10 heteroatoms. The van der Waals surface area contributed by atoms with Crippen LogP contribution in [0.1, 0.15) is 6.42 Å². The van der Waals surface area contributed by atoms with E-state index in [-0.39, 0.29) is 29.2 Å². The highest BCUT2D eigenvalue weighted by molar-refractivity contribution is 8.16. The van der Waals surface area contributed by atoms with Crippen LogP contribution >= 0.6 is 11.8 Å². The Morgan fingerprint density at radius 3 is 2.85 bits per heavy atom. The summed E-state index contributed by atoms with van der Waals surface area (Å²) in [5.41, 5.74) is 0.690. The first kappa shape index (κ1) is 17.2. The normalized spacial score (nSPS) is 27.2. The van der Waals surface area contributed by atoms with Crippen molar-refractivity contribution in [1.29, 1.82) is 5.26 Å². The van der Waals surface area contributed by atoms with Crippen LogP contribution in [0, 0.1) is 11.3 Å². The number of rotatable bonds is 2. The summed E-state index contributed by atoms with van der Waals surface area (Å²) in [6.07, 6.45) is -0.313. The first-order valence-electron chi connectivity index (χ1n) is 8.01. The summed E-state index contributed by atoms with van der Waals surface area (Å²) < 4.78 is 35.2. The van der Waals surface area contributed by atoms with Gasteiger partial charge in [0.2, 0.25) is 0 Å². The van der Waals surface area contributed by atoms with Gasteiger partial charge >= 0.3 is 0 Å². The number of benzene rings is 1. The van der Waals surface area contributed by atoms with Gasteiger partial charge in [-0.15, -0.1) is 0 Å². The van der Waals surface area contributed by atoms with E-state index in [0.29, 0.717) is 35.6 Å². The topological polar surface area (TPSA) is 109 Å². The van der Waals surface area contributed by atoms with Crippen molar-refractivity contribution in [3.05, 3.63) is 18.2 Å². The number of amides is 1. The number of amidine groups is 1. The van der Waals surface area contributed by atoms with Gasteiger partial charge in [-0.1, -0.05) is 11.8 Å². The van der Waals surface area contributed by atoms with Crippen molar-refractivity contribution in [1.82, 2.24) is 0 Å². The number of sulfone groups is 1. The largest absolute Gasteiger partial charge is 0.486 e. The predicted octanol–water partition coefficient (Wildman–Crippen LogP) is 0.973. The Morgan fingerprint density at radius 1 is 1.31 bits per heavy atom. The molecule has 0 radical (unpaired) electrons. The van der Waals surface area contributed by atoms with Crippen molar-refractivity contribution in [3.63, 3.8) is 0 Å². The molecule has 0 aliphatic carbocycles. The molecule has 0 aromatic heterocycles. The molecule has 136 valence electrons. The second kappa shape index (κ2) is 6.48. The maximum atomic E-state index is 12.1. The molecule has 1 aromatic rings. The van der Waals surface area contributed by atoms with E-state index in [2.05, 4.69) is 4.99 Å². The number of aliphatic imine (C=N–C) groups is 1. The van der Waals surface area contributed by atoms with Crippen LogP contribution in [0.4, 0.5) is 5.69 Å². The minimum absolute atomic E-state index is 0.00453. The van der Waals surface area contributed by atoms with Crippen LogP contribution in [0.25, 0.3) is 0 Å². The minimum Gasteiger partial charge on any atom is -0.486 e. The highest BCUT2D eigenvalue weighted by Crippen LogP contribution is 2.43. The SMILES string of the molecule is N#CCC(=O)N=C1S[C@@H]2CS(=O)(=O)C[C@@H]2N1c1ccc2c(c1)OCCO2. The van der Waals surface area contributed by atoms with Crippen molar-refractivity contribution in [2.45, 2.75) is 17.7 Å². The smallest absolute Gasteiger partial charge is 0.262 e. The molecule has 8 nitrogen and oxygen atoms in total. The standard InChI is InChI=1S/C16H15N3O5S2/c17-4-3-15(20)18-16-19(11-8-26(21,22)9-14(11)25-16)10-1-2-12-13(7-10)24-6-5-23-12/h1-2,7,11,14H,3,5-6,8-9H2/t11-,14+/m0/s1. The summed E-state index contributed by atoms with van der Waals surface area (Å²) >= 11 is 1.27. The van der Waals surface area contributed by atoms with Gasteiger partial charge in [0.1, 0.15) is 19.6 Å². The number of hydrogen-bond acceptors (Lipinski definition) is 7. The minimum atomic E-state index is -3.14. The third-order valence-electron chi connectivity index (χ3n) is 4.32. The summed E-state index contributed by atoms with van der Waals surface area (Å²) in [7, 11) is -3.14. The zero-order valence-electron chi connectivity index (χ0n) is 13.6. The maximum Gasteiger partial charge on any atom is 0.262 e. The number of anilines is 1. The summed E-state index contributed by atoms with van der Waals surface area (Å²) in [5.74, 6) is 0.715. The van der Waals surface area contributed by atoms with Crippen molar-refractivity contribution >= 4 is 38.4 Å². The van der Waals surface area contributed by atoms with Gasteiger partial charge < -0.3 is 14.4 Å². The molecule has 3 aliphatic rings. The molecular formula is C16H15N3O5S2. The summed E-state index contributed by atoms with van der Waals surface area (Å²) in [5, 5.41) is 8.92. The fourth-order valence-electron chi connectivity index (χ4n) is 3.26. The number of carbonyl (C=O) groups excluding carboxylic acids is 1. The number of nitriles is 1. The second-order valence-corrected chi connectivity index (χ2v) is 9.48. The number of fused-ring (bicyclic) bond motifs is 2. The molecule has 1 aromatic carbocycles. The van der Waals surface area contributed by atoms with Crippen LogP contribution in [0.3, 0.4) is 0 Å². The van der Waals surface area contributed by atoms with Crippen LogP contribution < -0.4 is 14.4 Å². The predicted molar refractivity (Wildman–Crippen MR) is 96.4 cm³/mol. The monoisotopic (exact) mass is 393 g/mol. The Morgan fingerprint density at radius 2 is 2.08 bits per heavy atom. The number of carbonyl (C=O) groups is 1. The molecule has 0 saturated carbocycles. The van der Waals surface area contributed by atoms with E-state index in [1.54, 1.807) is 29.2 Å². The lowest BCUT2D eigenvalue weighted by Crippen LogP contribution is -2.37. The van der Waals surface area contributed by atoms with Gasteiger partial charge in [0.15, 0.2) is 26.5 Å². The molecule has 0 N–H and O–H groups in total. The van der Waals surface area contributed by atoms with Crippen molar-refractivity contribution in [3.8, 4) is 17.6 Å². The zero-order chi connectivity index (χ0) is 18.3. The Balaban J connectivity index is 1.73. The van der Waals surface area contributed by atoms with Gasteiger partial charge in [-0.3, -0.25) is 4.79 Å². The lowest BCUT2D eigenvalue weighted by atomic mass is 10.2. The Kier molecular flexibility index (Phi) is 4.28. The van der Waals surface area contributed by atoms with Crippen molar-refractivity contribution < 1.29 is 22.7 Å². The van der Waals surface area contributed by atoms with E-state index in [1.807, 2.05) is 0 Å². The molecular weight excluding hydrogens is 378 g/mol. The number of thioether (sulfide) groups is 1. The lowest BCUT2D eigenvalue weighted by molar-refractivity contribution is -0.116. The quantitative estimate of drug-likeness (QED) is 0.731. The van der Waals surface area contributed by atoms with Gasteiger partial charge in [0.25, 0.3) is 5.91 Å². The molecule has 2 saturated heterocycles. The van der Waals surface area contributed by atoms with Crippen LogP contribution in [-0.2, 0) is 14.6 Å². The highest BCUT2D eigenvalue weighted by atomic mass is 32.2. The van der Waals surface area contributed by atoms with Gasteiger partial charge in [0, 0.05) is 17.0 Å². The maximum absolute atomic E-state index is 12.1. The van der Waals surface area contributed by atoms with E-state index in [1.165, 1.54) is 11.8 Å². The van der Waals surface area contributed by atoms with Crippen LogP contribution in [0.2, 0.25) is 0 Å².